The van der Waals surface area contributed by atoms with E-state index < -0.39 is 0 Å². The van der Waals surface area contributed by atoms with Crippen molar-refractivity contribution in [1.29, 1.82) is 0 Å². The highest BCUT2D eigenvalue weighted by atomic mass is 16.5. The molecule has 0 spiro atoms. The standard InChI is InChI=1S/C21H33N3O2/c1-23-12-9-21(10-13-23,19-6-4-3-5-7-19)20(25)22-16-18-8-11-24(17-18)14-15-26-2/h3-7,18H,8-17H2,1-2H3,(H,22,25). The number of rotatable bonds is 7. The van der Waals surface area contributed by atoms with E-state index in [-0.39, 0.29) is 11.3 Å². The van der Waals surface area contributed by atoms with Crippen LogP contribution in [-0.2, 0) is 14.9 Å². The fraction of sp³-hybridized carbons (Fsp3) is 0.667. The van der Waals surface area contributed by atoms with Crippen molar-refractivity contribution in [2.45, 2.75) is 24.7 Å². The molecule has 1 unspecified atom stereocenters. The summed E-state index contributed by atoms with van der Waals surface area (Å²) in [6.07, 6.45) is 2.94. The highest BCUT2D eigenvalue weighted by Crippen LogP contribution is 2.35. The molecule has 0 aliphatic carbocycles. The first-order chi connectivity index (χ1) is 12.6. The van der Waals surface area contributed by atoms with Gasteiger partial charge in [-0.1, -0.05) is 30.3 Å². The van der Waals surface area contributed by atoms with Gasteiger partial charge in [-0.25, -0.2) is 0 Å². The third-order valence-electron chi connectivity index (χ3n) is 6.13. The van der Waals surface area contributed by atoms with Gasteiger partial charge in [0.2, 0.25) is 5.91 Å². The summed E-state index contributed by atoms with van der Waals surface area (Å²) in [5, 5.41) is 3.31. The number of carbonyl (C=O) groups is 1. The van der Waals surface area contributed by atoms with E-state index in [1.807, 2.05) is 18.2 Å². The summed E-state index contributed by atoms with van der Waals surface area (Å²) in [5.41, 5.74) is 0.793. The van der Waals surface area contributed by atoms with Crippen LogP contribution in [0.2, 0.25) is 0 Å². The highest BCUT2D eigenvalue weighted by molar-refractivity contribution is 5.88. The molecule has 0 bridgehead atoms. The lowest BCUT2D eigenvalue weighted by Crippen LogP contribution is -2.51. The number of ether oxygens (including phenoxy) is 1. The third kappa shape index (κ3) is 4.45. The van der Waals surface area contributed by atoms with Gasteiger partial charge in [0, 0.05) is 26.7 Å². The topological polar surface area (TPSA) is 44.8 Å². The van der Waals surface area contributed by atoms with Crippen molar-refractivity contribution < 1.29 is 9.53 Å². The fourth-order valence-corrected chi connectivity index (χ4v) is 4.31. The number of piperidine rings is 1. The van der Waals surface area contributed by atoms with Crippen LogP contribution >= 0.6 is 0 Å². The average Bonchev–Trinajstić information content (AvgIpc) is 3.14. The quantitative estimate of drug-likeness (QED) is 0.805. The summed E-state index contributed by atoms with van der Waals surface area (Å²) in [6, 6.07) is 10.4. The lowest BCUT2D eigenvalue weighted by atomic mass is 9.72. The zero-order valence-corrected chi connectivity index (χ0v) is 16.2. The number of amides is 1. The van der Waals surface area contributed by atoms with Crippen molar-refractivity contribution in [2.24, 2.45) is 5.92 Å². The van der Waals surface area contributed by atoms with Gasteiger partial charge in [0.1, 0.15) is 0 Å². The van der Waals surface area contributed by atoms with Gasteiger partial charge in [-0.2, -0.15) is 0 Å². The zero-order chi connectivity index (χ0) is 18.4. The Morgan fingerprint density at radius 3 is 2.65 bits per heavy atom. The molecule has 1 atom stereocenters. The fourth-order valence-electron chi connectivity index (χ4n) is 4.31. The molecule has 144 valence electrons. The number of benzene rings is 1. The molecule has 26 heavy (non-hydrogen) atoms. The molecule has 2 heterocycles. The van der Waals surface area contributed by atoms with Gasteiger partial charge in [-0.15, -0.1) is 0 Å². The maximum absolute atomic E-state index is 13.3. The highest BCUT2D eigenvalue weighted by Gasteiger charge is 2.42. The number of hydrogen-bond acceptors (Lipinski definition) is 4. The molecule has 1 aromatic carbocycles. The molecule has 2 fully saturated rings. The lowest BCUT2D eigenvalue weighted by Gasteiger charge is -2.40. The zero-order valence-electron chi connectivity index (χ0n) is 16.2. The molecule has 3 rings (SSSR count). The maximum Gasteiger partial charge on any atom is 0.230 e. The minimum atomic E-state index is -0.373. The predicted molar refractivity (Wildman–Crippen MR) is 104 cm³/mol. The first kappa shape index (κ1) is 19.3. The van der Waals surface area contributed by atoms with Gasteiger partial charge < -0.3 is 19.9 Å². The molecule has 2 saturated heterocycles. The second kappa shape index (κ2) is 8.98. The molecule has 2 aliphatic heterocycles. The molecular weight excluding hydrogens is 326 g/mol. The van der Waals surface area contributed by atoms with E-state index in [1.54, 1.807) is 7.11 Å². The molecule has 0 aromatic heterocycles. The van der Waals surface area contributed by atoms with E-state index in [9.17, 15) is 4.79 Å². The molecule has 1 aromatic rings. The van der Waals surface area contributed by atoms with Crippen molar-refractivity contribution in [2.75, 3.05) is 60.0 Å². The van der Waals surface area contributed by atoms with Gasteiger partial charge in [0.25, 0.3) is 0 Å². The van der Waals surface area contributed by atoms with Crippen molar-refractivity contribution in [1.82, 2.24) is 15.1 Å². The summed E-state index contributed by atoms with van der Waals surface area (Å²) >= 11 is 0. The molecule has 0 radical (unpaired) electrons. The van der Waals surface area contributed by atoms with Gasteiger partial charge in [0.15, 0.2) is 0 Å². The molecule has 0 saturated carbocycles. The number of nitrogens with zero attached hydrogens (tertiary/aromatic N) is 2. The van der Waals surface area contributed by atoms with Gasteiger partial charge in [-0.3, -0.25) is 4.79 Å². The van der Waals surface area contributed by atoms with Crippen molar-refractivity contribution in [3.63, 3.8) is 0 Å². The number of carbonyl (C=O) groups excluding carboxylic acids is 1. The van der Waals surface area contributed by atoms with Gasteiger partial charge in [-0.05, 0) is 57.4 Å². The summed E-state index contributed by atoms with van der Waals surface area (Å²) < 4.78 is 5.17. The van der Waals surface area contributed by atoms with Crippen LogP contribution in [0, 0.1) is 5.92 Å². The van der Waals surface area contributed by atoms with E-state index in [1.165, 1.54) is 5.56 Å². The number of likely N-dealkylation sites (tertiary alicyclic amines) is 2. The Kier molecular flexibility index (Phi) is 6.68. The first-order valence-electron chi connectivity index (χ1n) is 9.88. The number of nitrogens with one attached hydrogen (secondary N) is 1. The van der Waals surface area contributed by atoms with E-state index in [4.69, 9.17) is 4.74 Å². The Hall–Kier alpha value is -1.43. The molecule has 1 N–H and O–H groups in total. The maximum atomic E-state index is 13.3. The SMILES string of the molecule is COCCN1CCC(CNC(=O)C2(c3ccccc3)CCN(C)CC2)C1. The van der Waals surface area contributed by atoms with Gasteiger partial charge >= 0.3 is 0 Å². The van der Waals surface area contributed by atoms with Crippen LogP contribution in [0.1, 0.15) is 24.8 Å². The Balaban J connectivity index is 1.60. The van der Waals surface area contributed by atoms with Crippen LogP contribution in [0.15, 0.2) is 30.3 Å². The monoisotopic (exact) mass is 359 g/mol. The van der Waals surface area contributed by atoms with Crippen LogP contribution in [0.25, 0.3) is 0 Å². The van der Waals surface area contributed by atoms with Crippen LogP contribution in [0.5, 0.6) is 0 Å². The Morgan fingerprint density at radius 2 is 1.96 bits per heavy atom. The number of methoxy groups -OCH3 is 1. The van der Waals surface area contributed by atoms with Crippen LogP contribution in [0.4, 0.5) is 0 Å². The van der Waals surface area contributed by atoms with Crippen molar-refractivity contribution >= 4 is 5.91 Å². The summed E-state index contributed by atoms with van der Waals surface area (Å²) in [5.74, 6) is 0.766. The average molecular weight is 360 g/mol. The minimum absolute atomic E-state index is 0.215. The molecular formula is C21H33N3O2. The second-order valence-electron chi connectivity index (χ2n) is 7.91. The first-order valence-corrected chi connectivity index (χ1v) is 9.88. The third-order valence-corrected chi connectivity index (χ3v) is 6.13. The predicted octanol–water partition coefficient (Wildman–Crippen LogP) is 1.73. The Morgan fingerprint density at radius 1 is 1.23 bits per heavy atom. The Labute approximate surface area is 157 Å². The molecule has 5 heteroatoms. The second-order valence-corrected chi connectivity index (χ2v) is 7.91. The molecule has 5 nitrogen and oxygen atoms in total. The largest absolute Gasteiger partial charge is 0.383 e. The van der Waals surface area contributed by atoms with Crippen LogP contribution in [-0.4, -0.2) is 75.7 Å². The summed E-state index contributed by atoms with van der Waals surface area (Å²) in [6.45, 7) is 6.66. The van der Waals surface area contributed by atoms with E-state index in [0.717, 1.165) is 65.1 Å². The normalized spacial score (nSPS) is 23.8. The van der Waals surface area contributed by atoms with E-state index in [0.29, 0.717) is 5.92 Å². The smallest absolute Gasteiger partial charge is 0.230 e. The summed E-state index contributed by atoms with van der Waals surface area (Å²) in [4.78, 5) is 18.0. The van der Waals surface area contributed by atoms with Crippen LogP contribution < -0.4 is 5.32 Å². The van der Waals surface area contributed by atoms with E-state index in [2.05, 4.69) is 34.3 Å². The van der Waals surface area contributed by atoms with Crippen LogP contribution in [0.3, 0.4) is 0 Å². The van der Waals surface area contributed by atoms with Gasteiger partial charge in [0.05, 0.1) is 12.0 Å². The molecule has 2 aliphatic rings. The van der Waals surface area contributed by atoms with Crippen molar-refractivity contribution in [3.8, 4) is 0 Å². The lowest BCUT2D eigenvalue weighted by molar-refractivity contribution is -0.128. The molecule has 1 amide bonds. The van der Waals surface area contributed by atoms with E-state index >= 15 is 0 Å². The Bertz CT molecular complexity index is 570. The minimum Gasteiger partial charge on any atom is -0.383 e. The summed E-state index contributed by atoms with van der Waals surface area (Å²) in [7, 11) is 3.89. The number of hydrogen-bond donors (Lipinski definition) is 1. The van der Waals surface area contributed by atoms with Crippen molar-refractivity contribution in [3.05, 3.63) is 35.9 Å².